The molecule has 82 valence electrons. The molecule has 5 N–H and O–H groups in total. The topological polar surface area (TPSA) is 98.2 Å². The van der Waals surface area contributed by atoms with Crippen molar-refractivity contribution < 1.29 is 9.59 Å². The van der Waals surface area contributed by atoms with Gasteiger partial charge >= 0.3 is 0 Å². The third-order valence-electron chi connectivity index (χ3n) is 1.87. The Bertz CT molecular complexity index is 204. The Hall–Kier alpha value is -1.10. The number of rotatable bonds is 6. The molecule has 0 saturated heterocycles. The molecule has 0 saturated carbocycles. The van der Waals surface area contributed by atoms with Crippen LogP contribution in [0.25, 0.3) is 0 Å². The second-order valence-electron chi connectivity index (χ2n) is 3.56. The summed E-state index contributed by atoms with van der Waals surface area (Å²) in [5.41, 5.74) is 10.5. The third-order valence-corrected chi connectivity index (χ3v) is 1.87. The number of amides is 2. The lowest BCUT2D eigenvalue weighted by atomic mass is 10.1. The maximum Gasteiger partial charge on any atom is 0.239 e. The van der Waals surface area contributed by atoms with E-state index in [0.29, 0.717) is 6.42 Å². The highest BCUT2D eigenvalue weighted by Crippen LogP contribution is 1.98. The number of carbonyl (C=O) groups is 2. The minimum absolute atomic E-state index is 0.108. The molecule has 0 bridgehead atoms. The lowest BCUT2D eigenvalue weighted by Gasteiger charge is -2.10. The van der Waals surface area contributed by atoms with Crippen molar-refractivity contribution in [3.8, 4) is 0 Å². The number of hydrogen-bond donors (Lipinski definition) is 3. The van der Waals surface area contributed by atoms with Crippen LogP contribution in [0.5, 0.6) is 0 Å². The molecule has 0 rings (SSSR count). The van der Waals surface area contributed by atoms with Crippen LogP contribution in [0.3, 0.4) is 0 Å². The van der Waals surface area contributed by atoms with Crippen molar-refractivity contribution in [2.45, 2.75) is 45.2 Å². The summed E-state index contributed by atoms with van der Waals surface area (Å²) in [7, 11) is 0. The molecular weight excluding hydrogens is 182 g/mol. The Kier molecular flexibility index (Phi) is 5.87. The second-order valence-corrected chi connectivity index (χ2v) is 3.56. The van der Waals surface area contributed by atoms with Crippen molar-refractivity contribution in [3.05, 3.63) is 0 Å². The normalized spacial score (nSPS) is 14.5. The fraction of sp³-hybridized carbons (Fsp3) is 0.778. The first-order chi connectivity index (χ1) is 6.43. The van der Waals surface area contributed by atoms with Gasteiger partial charge in [-0.1, -0.05) is 0 Å². The standard InChI is InChI=1S/C9H19N3O2/c1-6(10)4-3-5-8(13)12-7(2)9(11)14/h6-7H,3-5,10H2,1-2H3,(H2,11,14)(H,12,13). The molecule has 0 aromatic rings. The number of nitrogens with one attached hydrogen (secondary N) is 1. The van der Waals surface area contributed by atoms with Crippen LogP contribution in [-0.4, -0.2) is 23.9 Å². The zero-order valence-electron chi connectivity index (χ0n) is 8.75. The zero-order chi connectivity index (χ0) is 11.1. The van der Waals surface area contributed by atoms with Crippen molar-refractivity contribution in [1.29, 1.82) is 0 Å². The Morgan fingerprint density at radius 2 is 1.93 bits per heavy atom. The lowest BCUT2D eigenvalue weighted by Crippen LogP contribution is -2.42. The summed E-state index contributed by atoms with van der Waals surface area (Å²) in [4.78, 5) is 21.8. The SMILES string of the molecule is CC(N)CCCC(=O)NC(C)C(N)=O. The van der Waals surface area contributed by atoms with E-state index in [1.807, 2.05) is 6.92 Å². The molecule has 0 heterocycles. The molecule has 0 aromatic heterocycles. The van der Waals surface area contributed by atoms with Gasteiger partial charge in [0.25, 0.3) is 0 Å². The van der Waals surface area contributed by atoms with Crippen molar-refractivity contribution in [2.75, 3.05) is 0 Å². The Morgan fingerprint density at radius 1 is 1.36 bits per heavy atom. The predicted molar refractivity (Wildman–Crippen MR) is 54.3 cm³/mol. The van der Waals surface area contributed by atoms with Crippen LogP contribution < -0.4 is 16.8 Å². The van der Waals surface area contributed by atoms with Crippen LogP contribution in [0.4, 0.5) is 0 Å². The summed E-state index contributed by atoms with van der Waals surface area (Å²) < 4.78 is 0. The fourth-order valence-corrected chi connectivity index (χ4v) is 0.969. The second kappa shape index (κ2) is 6.37. The summed E-state index contributed by atoms with van der Waals surface area (Å²) in [5, 5.41) is 2.50. The van der Waals surface area contributed by atoms with Crippen molar-refractivity contribution in [3.63, 3.8) is 0 Å². The molecule has 0 aliphatic heterocycles. The van der Waals surface area contributed by atoms with E-state index in [4.69, 9.17) is 11.5 Å². The summed E-state index contributed by atoms with van der Waals surface area (Å²) in [6.07, 6.45) is 1.92. The van der Waals surface area contributed by atoms with Crippen LogP contribution in [0.2, 0.25) is 0 Å². The van der Waals surface area contributed by atoms with Crippen molar-refractivity contribution in [1.82, 2.24) is 5.32 Å². The molecule has 0 aromatic carbocycles. The van der Waals surface area contributed by atoms with E-state index in [1.165, 1.54) is 0 Å². The average molecular weight is 201 g/mol. The molecule has 2 unspecified atom stereocenters. The Morgan fingerprint density at radius 3 is 2.36 bits per heavy atom. The van der Waals surface area contributed by atoms with E-state index in [0.717, 1.165) is 12.8 Å². The first kappa shape index (κ1) is 12.9. The van der Waals surface area contributed by atoms with Crippen molar-refractivity contribution in [2.24, 2.45) is 11.5 Å². The summed E-state index contributed by atoms with van der Waals surface area (Å²) in [6.45, 7) is 3.45. The summed E-state index contributed by atoms with van der Waals surface area (Å²) in [6, 6.07) is -0.492. The van der Waals surface area contributed by atoms with Gasteiger partial charge in [-0.05, 0) is 26.7 Å². The minimum atomic E-state index is -0.599. The predicted octanol–water partition coefficient (Wildman–Crippen LogP) is -0.506. The van der Waals surface area contributed by atoms with Crippen LogP contribution in [0.1, 0.15) is 33.1 Å². The van der Waals surface area contributed by atoms with Gasteiger partial charge in [0.1, 0.15) is 6.04 Å². The molecule has 14 heavy (non-hydrogen) atoms. The van der Waals surface area contributed by atoms with E-state index in [9.17, 15) is 9.59 Å². The smallest absolute Gasteiger partial charge is 0.239 e. The van der Waals surface area contributed by atoms with Gasteiger partial charge in [-0.15, -0.1) is 0 Å². The maximum absolute atomic E-state index is 11.2. The highest BCUT2D eigenvalue weighted by molar-refractivity contribution is 5.86. The van der Waals surface area contributed by atoms with E-state index >= 15 is 0 Å². The summed E-state index contributed by atoms with van der Waals surface area (Å²) in [5.74, 6) is -0.678. The molecule has 2 atom stereocenters. The van der Waals surface area contributed by atoms with Gasteiger partial charge in [-0.3, -0.25) is 9.59 Å². The van der Waals surface area contributed by atoms with E-state index in [1.54, 1.807) is 6.92 Å². The highest BCUT2D eigenvalue weighted by Gasteiger charge is 2.11. The van der Waals surface area contributed by atoms with Gasteiger partial charge < -0.3 is 16.8 Å². The number of hydrogen-bond acceptors (Lipinski definition) is 3. The van der Waals surface area contributed by atoms with Gasteiger partial charge in [0.2, 0.25) is 11.8 Å². The molecule has 2 amide bonds. The number of carbonyl (C=O) groups excluding carboxylic acids is 2. The van der Waals surface area contributed by atoms with Gasteiger partial charge in [0.15, 0.2) is 0 Å². The molecule has 0 fully saturated rings. The zero-order valence-corrected chi connectivity index (χ0v) is 8.75. The van der Waals surface area contributed by atoms with E-state index < -0.39 is 11.9 Å². The summed E-state index contributed by atoms with van der Waals surface area (Å²) >= 11 is 0. The molecular formula is C9H19N3O2. The average Bonchev–Trinajstić information content (AvgIpc) is 2.02. The molecule has 0 radical (unpaired) electrons. The Labute approximate surface area is 84.2 Å². The van der Waals surface area contributed by atoms with E-state index in [2.05, 4.69) is 5.32 Å². The largest absolute Gasteiger partial charge is 0.368 e. The van der Waals surface area contributed by atoms with Gasteiger partial charge in [-0.2, -0.15) is 0 Å². The monoisotopic (exact) mass is 201 g/mol. The lowest BCUT2D eigenvalue weighted by molar-refractivity contribution is -0.127. The molecule has 0 aliphatic carbocycles. The first-order valence-electron chi connectivity index (χ1n) is 4.77. The van der Waals surface area contributed by atoms with Gasteiger partial charge in [0, 0.05) is 12.5 Å². The number of primary amides is 1. The van der Waals surface area contributed by atoms with Crippen LogP contribution in [0, 0.1) is 0 Å². The van der Waals surface area contributed by atoms with E-state index in [-0.39, 0.29) is 11.9 Å². The molecule has 0 aliphatic rings. The molecule has 0 spiro atoms. The molecule has 5 heteroatoms. The first-order valence-corrected chi connectivity index (χ1v) is 4.77. The Balaban J connectivity index is 3.60. The van der Waals surface area contributed by atoms with Crippen LogP contribution >= 0.6 is 0 Å². The minimum Gasteiger partial charge on any atom is -0.368 e. The highest BCUT2D eigenvalue weighted by atomic mass is 16.2. The maximum atomic E-state index is 11.2. The number of nitrogens with two attached hydrogens (primary N) is 2. The van der Waals surface area contributed by atoms with Gasteiger partial charge in [-0.25, -0.2) is 0 Å². The van der Waals surface area contributed by atoms with Crippen LogP contribution in [-0.2, 0) is 9.59 Å². The quantitative estimate of drug-likeness (QED) is 0.540. The van der Waals surface area contributed by atoms with Gasteiger partial charge in [0.05, 0.1) is 0 Å². The molecule has 5 nitrogen and oxygen atoms in total. The third kappa shape index (κ3) is 6.42. The fourth-order valence-electron chi connectivity index (χ4n) is 0.969. The van der Waals surface area contributed by atoms with Crippen molar-refractivity contribution >= 4 is 11.8 Å². The van der Waals surface area contributed by atoms with Crippen LogP contribution in [0.15, 0.2) is 0 Å².